The van der Waals surface area contributed by atoms with E-state index in [1.165, 1.54) is 0 Å². The maximum atomic E-state index is 11.1. The molecule has 0 aromatic rings. The smallest absolute Gasteiger partial charge is 0.353 e. The molecule has 1 aliphatic heterocycles. The zero-order valence-corrected chi connectivity index (χ0v) is 7.50. The van der Waals surface area contributed by atoms with Crippen LogP contribution in [0.25, 0.3) is 0 Å². The fourth-order valence-electron chi connectivity index (χ4n) is 1.24. The van der Waals surface area contributed by atoms with Crippen molar-refractivity contribution in [2.24, 2.45) is 5.92 Å². The molecule has 0 aromatic heterocycles. The molecule has 1 N–H and O–H groups in total. The zero-order chi connectivity index (χ0) is 8.97. The van der Waals surface area contributed by atoms with Crippen molar-refractivity contribution in [3.05, 3.63) is 0 Å². The topological polar surface area (TPSA) is 47.6 Å². The molecule has 1 saturated heterocycles. The Morgan fingerprint density at radius 2 is 2.33 bits per heavy atom. The molecule has 0 spiro atoms. The third-order valence-corrected chi connectivity index (χ3v) is 1.97. The van der Waals surface area contributed by atoms with E-state index >= 15 is 0 Å². The van der Waals surface area contributed by atoms with Gasteiger partial charge in [0.1, 0.15) is 0 Å². The lowest BCUT2D eigenvalue weighted by Crippen LogP contribution is -2.34. The van der Waals surface area contributed by atoms with Crippen LogP contribution in [0.4, 0.5) is 0 Å². The Bertz CT molecular complexity index is 152. The summed E-state index contributed by atoms with van der Waals surface area (Å²) in [5.41, 5.74) is 2.35. The number of ether oxygens (including phenoxy) is 1. The number of hydrogen-bond donors (Lipinski definition) is 1. The van der Waals surface area contributed by atoms with Crippen molar-refractivity contribution in [3.8, 4) is 0 Å². The summed E-state index contributed by atoms with van der Waals surface area (Å²) in [6, 6.07) is 0. The molecule has 0 bridgehead atoms. The van der Waals surface area contributed by atoms with Crippen LogP contribution in [0.1, 0.15) is 19.8 Å². The normalized spacial score (nSPS) is 29.8. The lowest BCUT2D eigenvalue weighted by atomic mass is 10.0. The number of carbonyl (C=O) groups excluding carboxylic acids is 1. The minimum absolute atomic E-state index is 0.315. The minimum Gasteiger partial charge on any atom is -0.369 e. The lowest BCUT2D eigenvalue weighted by Gasteiger charge is -2.24. The summed E-state index contributed by atoms with van der Waals surface area (Å²) in [7, 11) is 1.56. The number of nitrogens with one attached hydrogen (secondary N) is 1. The van der Waals surface area contributed by atoms with Crippen LogP contribution in [0.15, 0.2) is 0 Å². The summed E-state index contributed by atoms with van der Waals surface area (Å²) in [4.78, 5) is 15.7. The highest BCUT2D eigenvalue weighted by Crippen LogP contribution is 2.18. The zero-order valence-electron chi connectivity index (χ0n) is 7.50. The second kappa shape index (κ2) is 4.42. The Balaban J connectivity index is 2.29. The van der Waals surface area contributed by atoms with Gasteiger partial charge in [-0.3, -0.25) is 0 Å². The molecule has 4 nitrogen and oxygen atoms in total. The van der Waals surface area contributed by atoms with Gasteiger partial charge < -0.3 is 9.57 Å². The second-order valence-corrected chi connectivity index (χ2v) is 3.13. The summed E-state index contributed by atoms with van der Waals surface area (Å²) >= 11 is 0. The van der Waals surface area contributed by atoms with Crippen LogP contribution in [0.2, 0.25) is 0 Å². The van der Waals surface area contributed by atoms with E-state index in [-0.39, 0.29) is 12.1 Å². The second-order valence-electron chi connectivity index (χ2n) is 3.13. The molecule has 0 aromatic carbocycles. The van der Waals surface area contributed by atoms with E-state index in [9.17, 15) is 4.79 Å². The average molecular weight is 173 g/mol. The Morgan fingerprint density at radius 3 is 2.83 bits per heavy atom. The van der Waals surface area contributed by atoms with Gasteiger partial charge in [0, 0.05) is 7.05 Å². The van der Waals surface area contributed by atoms with Crippen LogP contribution in [-0.4, -0.2) is 25.7 Å². The maximum Gasteiger partial charge on any atom is 0.353 e. The summed E-state index contributed by atoms with van der Waals surface area (Å²) in [6.45, 7) is 2.77. The van der Waals surface area contributed by atoms with Crippen LogP contribution in [0.3, 0.4) is 0 Å². The molecule has 0 saturated carbocycles. The Kier molecular flexibility index (Phi) is 3.49. The monoisotopic (exact) mass is 173 g/mol. The Morgan fingerprint density at radius 1 is 1.58 bits per heavy atom. The number of carbonyl (C=O) groups is 1. The van der Waals surface area contributed by atoms with Crippen molar-refractivity contribution in [2.75, 3.05) is 13.7 Å². The van der Waals surface area contributed by atoms with Crippen LogP contribution in [0, 0.1) is 5.92 Å². The summed E-state index contributed by atoms with van der Waals surface area (Å²) in [6.07, 6.45) is 1.43. The van der Waals surface area contributed by atoms with Crippen molar-refractivity contribution in [1.29, 1.82) is 0 Å². The molecule has 0 aliphatic carbocycles. The van der Waals surface area contributed by atoms with E-state index in [0.29, 0.717) is 12.5 Å². The average Bonchev–Trinajstić information content (AvgIpc) is 2.06. The minimum atomic E-state index is -0.367. The first-order valence-corrected chi connectivity index (χ1v) is 4.23. The van der Waals surface area contributed by atoms with E-state index < -0.39 is 0 Å². The molecule has 1 aliphatic rings. The van der Waals surface area contributed by atoms with E-state index in [4.69, 9.17) is 4.74 Å². The Labute approximate surface area is 72.2 Å². The fourth-order valence-corrected chi connectivity index (χ4v) is 1.24. The van der Waals surface area contributed by atoms with Gasteiger partial charge >= 0.3 is 5.97 Å². The van der Waals surface area contributed by atoms with Gasteiger partial charge in [-0.05, 0) is 18.8 Å². The molecular formula is C8H15NO3. The first-order valence-electron chi connectivity index (χ1n) is 4.23. The fraction of sp³-hybridized carbons (Fsp3) is 0.875. The number of hydrogen-bond acceptors (Lipinski definition) is 4. The van der Waals surface area contributed by atoms with Crippen LogP contribution < -0.4 is 5.48 Å². The highest BCUT2D eigenvalue weighted by Gasteiger charge is 2.26. The SMILES string of the molecule is CNOC(=O)C1CCC(C)CO1. The molecule has 4 heteroatoms. The quantitative estimate of drug-likeness (QED) is 0.617. The van der Waals surface area contributed by atoms with Gasteiger partial charge in [0.05, 0.1) is 6.61 Å². The number of hydroxylamine groups is 1. The van der Waals surface area contributed by atoms with E-state index in [1.54, 1.807) is 7.05 Å². The van der Waals surface area contributed by atoms with Gasteiger partial charge in [0.25, 0.3) is 0 Å². The van der Waals surface area contributed by atoms with Crippen LogP contribution in [-0.2, 0) is 14.4 Å². The molecule has 0 radical (unpaired) electrons. The highest BCUT2D eigenvalue weighted by molar-refractivity contribution is 5.74. The summed E-state index contributed by atoms with van der Waals surface area (Å²) in [5.74, 6) is 0.244. The van der Waals surface area contributed by atoms with Crippen molar-refractivity contribution in [2.45, 2.75) is 25.9 Å². The van der Waals surface area contributed by atoms with Gasteiger partial charge in [-0.15, -0.1) is 0 Å². The molecule has 70 valence electrons. The molecule has 0 amide bonds. The summed E-state index contributed by atoms with van der Waals surface area (Å²) < 4.78 is 5.29. The van der Waals surface area contributed by atoms with Crippen molar-refractivity contribution in [1.82, 2.24) is 5.48 Å². The summed E-state index contributed by atoms with van der Waals surface area (Å²) in [5, 5.41) is 0. The van der Waals surface area contributed by atoms with Crippen molar-refractivity contribution in [3.63, 3.8) is 0 Å². The van der Waals surface area contributed by atoms with Gasteiger partial charge in [-0.2, -0.15) is 5.48 Å². The van der Waals surface area contributed by atoms with E-state index in [0.717, 1.165) is 12.8 Å². The van der Waals surface area contributed by atoms with E-state index in [2.05, 4.69) is 17.2 Å². The van der Waals surface area contributed by atoms with Gasteiger partial charge in [-0.1, -0.05) is 6.92 Å². The van der Waals surface area contributed by atoms with Crippen molar-refractivity contribution >= 4 is 5.97 Å². The molecule has 12 heavy (non-hydrogen) atoms. The largest absolute Gasteiger partial charge is 0.369 e. The van der Waals surface area contributed by atoms with Gasteiger partial charge in [-0.25, -0.2) is 4.79 Å². The molecule has 2 unspecified atom stereocenters. The van der Waals surface area contributed by atoms with Crippen LogP contribution in [0.5, 0.6) is 0 Å². The molecule has 2 atom stereocenters. The predicted molar refractivity (Wildman–Crippen MR) is 43.3 cm³/mol. The lowest BCUT2D eigenvalue weighted by molar-refractivity contribution is -0.168. The highest BCUT2D eigenvalue weighted by atomic mass is 16.7. The maximum absolute atomic E-state index is 11.1. The number of rotatable bonds is 2. The van der Waals surface area contributed by atoms with E-state index in [1.807, 2.05) is 0 Å². The molecule has 1 heterocycles. The predicted octanol–water partition coefficient (Wildman–Crippen LogP) is 0.479. The first-order chi connectivity index (χ1) is 5.74. The third kappa shape index (κ3) is 2.46. The standard InChI is InChI=1S/C8H15NO3/c1-6-3-4-7(11-5-6)8(10)12-9-2/h6-7,9H,3-5H2,1-2H3. The molecular weight excluding hydrogens is 158 g/mol. The van der Waals surface area contributed by atoms with Gasteiger partial charge in [0.15, 0.2) is 6.10 Å². The molecule has 1 fully saturated rings. The van der Waals surface area contributed by atoms with Crippen LogP contribution >= 0.6 is 0 Å². The first kappa shape index (κ1) is 9.48. The van der Waals surface area contributed by atoms with Crippen molar-refractivity contribution < 1.29 is 14.4 Å². The van der Waals surface area contributed by atoms with Gasteiger partial charge in [0.2, 0.25) is 0 Å². The Hall–Kier alpha value is -0.610. The molecule has 1 rings (SSSR count). The third-order valence-electron chi connectivity index (χ3n) is 1.97.